The van der Waals surface area contributed by atoms with Gasteiger partial charge in [0, 0.05) is 41.9 Å². The zero-order valence-corrected chi connectivity index (χ0v) is 15.9. The van der Waals surface area contributed by atoms with E-state index in [1.165, 1.54) is 0 Å². The van der Waals surface area contributed by atoms with Crippen LogP contribution in [0.15, 0.2) is 48.7 Å². The zero-order chi connectivity index (χ0) is 19.7. The van der Waals surface area contributed by atoms with E-state index in [1.807, 2.05) is 49.4 Å². The summed E-state index contributed by atoms with van der Waals surface area (Å²) in [4.78, 5) is 26.0. The lowest BCUT2D eigenvalue weighted by molar-refractivity contribution is -0.122. The molecule has 4 rings (SSSR count). The molecule has 4 N–H and O–H groups in total. The maximum Gasteiger partial charge on any atom is 0.257 e. The molecule has 0 aliphatic carbocycles. The molecule has 0 radical (unpaired) electrons. The minimum absolute atomic E-state index is 0.0829. The molecule has 1 saturated heterocycles. The molecule has 2 aliphatic heterocycles. The molecule has 1 unspecified atom stereocenters. The van der Waals surface area contributed by atoms with Gasteiger partial charge in [-0.05, 0) is 55.7 Å². The zero-order valence-electron chi connectivity index (χ0n) is 15.9. The van der Waals surface area contributed by atoms with Gasteiger partial charge in [0.05, 0.1) is 11.5 Å². The fourth-order valence-corrected chi connectivity index (χ4v) is 3.94. The Labute approximate surface area is 164 Å². The predicted octanol–water partition coefficient (Wildman–Crippen LogP) is 3.10. The minimum Gasteiger partial charge on any atom is -0.371 e. The first-order valence-electron chi connectivity index (χ1n) is 9.55. The Bertz CT molecular complexity index is 950. The van der Waals surface area contributed by atoms with E-state index in [0.29, 0.717) is 12.1 Å². The van der Waals surface area contributed by atoms with Crippen molar-refractivity contribution in [3.63, 3.8) is 0 Å². The third-order valence-electron chi connectivity index (χ3n) is 5.47. The molecule has 144 valence electrons. The fraction of sp³-hybridized carbons (Fsp3) is 0.273. The predicted molar refractivity (Wildman–Crippen MR) is 112 cm³/mol. The number of nitrogens with zero attached hydrogens (tertiary/aromatic N) is 1. The first kappa shape index (κ1) is 18.1. The number of rotatable bonds is 4. The van der Waals surface area contributed by atoms with Crippen LogP contribution in [-0.2, 0) is 9.59 Å². The van der Waals surface area contributed by atoms with Gasteiger partial charge in [-0.25, -0.2) is 0 Å². The highest BCUT2D eigenvalue weighted by Crippen LogP contribution is 2.34. The number of aryl methyl sites for hydroxylation is 1. The van der Waals surface area contributed by atoms with E-state index in [9.17, 15) is 9.59 Å². The van der Waals surface area contributed by atoms with Gasteiger partial charge in [-0.1, -0.05) is 12.1 Å². The lowest BCUT2D eigenvalue weighted by atomic mass is 9.97. The lowest BCUT2D eigenvalue weighted by Gasteiger charge is -2.33. The molecular weight excluding hydrogens is 352 g/mol. The standard InChI is InChI=1S/C22H24N4O2/c1-14-4-2-6-19-20(14)18(22(28)25-19)12-24-16-7-9-17(10-8-16)26-11-3-5-15(13-26)21(23)27/h2,4,6-10,12,15,24H,3,5,11,13H2,1H3,(H2,23,27)(H,25,28). The monoisotopic (exact) mass is 376 g/mol. The van der Waals surface area contributed by atoms with Crippen molar-refractivity contribution >= 4 is 34.4 Å². The fourth-order valence-electron chi connectivity index (χ4n) is 3.94. The van der Waals surface area contributed by atoms with E-state index < -0.39 is 0 Å². The highest BCUT2D eigenvalue weighted by molar-refractivity contribution is 6.32. The Morgan fingerprint density at radius 3 is 2.79 bits per heavy atom. The van der Waals surface area contributed by atoms with Crippen molar-refractivity contribution in [3.8, 4) is 0 Å². The number of benzene rings is 2. The average molecular weight is 376 g/mol. The second-order valence-corrected chi connectivity index (χ2v) is 7.39. The van der Waals surface area contributed by atoms with Crippen molar-refractivity contribution < 1.29 is 9.59 Å². The van der Waals surface area contributed by atoms with Gasteiger partial charge in [-0.15, -0.1) is 0 Å². The van der Waals surface area contributed by atoms with Gasteiger partial charge in [0.2, 0.25) is 5.91 Å². The summed E-state index contributed by atoms with van der Waals surface area (Å²) in [6.45, 7) is 3.60. The van der Waals surface area contributed by atoms with E-state index in [-0.39, 0.29) is 17.7 Å². The minimum atomic E-state index is -0.222. The molecular formula is C22H24N4O2. The highest BCUT2D eigenvalue weighted by Gasteiger charge is 2.26. The van der Waals surface area contributed by atoms with E-state index in [0.717, 1.165) is 47.6 Å². The van der Waals surface area contributed by atoms with Crippen molar-refractivity contribution in [1.29, 1.82) is 0 Å². The molecule has 0 bridgehead atoms. The molecule has 0 saturated carbocycles. The number of primary amides is 1. The quantitative estimate of drug-likeness (QED) is 0.716. The molecule has 0 aromatic heterocycles. The number of amides is 2. The first-order valence-corrected chi connectivity index (χ1v) is 9.55. The summed E-state index contributed by atoms with van der Waals surface area (Å²) >= 11 is 0. The van der Waals surface area contributed by atoms with E-state index >= 15 is 0 Å². The third kappa shape index (κ3) is 3.45. The molecule has 2 aromatic rings. The molecule has 1 fully saturated rings. The maximum absolute atomic E-state index is 12.3. The number of nitrogens with one attached hydrogen (secondary N) is 2. The summed E-state index contributed by atoms with van der Waals surface area (Å²) in [6, 6.07) is 13.9. The number of carbonyl (C=O) groups excluding carboxylic acids is 2. The van der Waals surface area contributed by atoms with Crippen molar-refractivity contribution in [2.75, 3.05) is 28.6 Å². The lowest BCUT2D eigenvalue weighted by Crippen LogP contribution is -2.41. The molecule has 0 spiro atoms. The number of fused-ring (bicyclic) bond motifs is 1. The Kier molecular flexibility index (Phi) is 4.77. The summed E-state index contributed by atoms with van der Waals surface area (Å²) in [6.07, 6.45) is 3.59. The summed E-state index contributed by atoms with van der Waals surface area (Å²) in [5.41, 5.74) is 10.9. The van der Waals surface area contributed by atoms with Crippen LogP contribution >= 0.6 is 0 Å². The van der Waals surface area contributed by atoms with Crippen LogP contribution in [0.2, 0.25) is 0 Å². The van der Waals surface area contributed by atoms with Crippen LogP contribution in [0.1, 0.15) is 24.0 Å². The Hall–Kier alpha value is -3.28. The number of anilines is 3. The number of carbonyl (C=O) groups is 2. The van der Waals surface area contributed by atoms with Gasteiger partial charge < -0.3 is 21.3 Å². The summed E-state index contributed by atoms with van der Waals surface area (Å²) < 4.78 is 0. The second-order valence-electron chi connectivity index (χ2n) is 7.39. The smallest absolute Gasteiger partial charge is 0.257 e. The molecule has 28 heavy (non-hydrogen) atoms. The van der Waals surface area contributed by atoms with Gasteiger partial charge in [0.1, 0.15) is 0 Å². The van der Waals surface area contributed by atoms with Gasteiger partial charge in [-0.2, -0.15) is 0 Å². The van der Waals surface area contributed by atoms with Crippen molar-refractivity contribution in [1.82, 2.24) is 0 Å². The molecule has 1 atom stereocenters. The van der Waals surface area contributed by atoms with Crippen LogP contribution < -0.4 is 21.3 Å². The maximum atomic E-state index is 12.3. The molecule has 2 aromatic carbocycles. The SMILES string of the molecule is Cc1cccc2c1C(=CNc1ccc(N3CCCC(C(N)=O)C3)cc1)C(=O)N2. The number of hydrogen-bond donors (Lipinski definition) is 3. The Balaban J connectivity index is 1.48. The van der Waals surface area contributed by atoms with Crippen LogP contribution in [0.25, 0.3) is 5.57 Å². The van der Waals surface area contributed by atoms with Crippen molar-refractivity contribution in [3.05, 3.63) is 59.8 Å². The summed E-state index contributed by atoms with van der Waals surface area (Å²) in [7, 11) is 0. The molecule has 6 heteroatoms. The van der Waals surface area contributed by atoms with Gasteiger partial charge in [-0.3, -0.25) is 9.59 Å². The van der Waals surface area contributed by atoms with Crippen molar-refractivity contribution in [2.45, 2.75) is 19.8 Å². The van der Waals surface area contributed by atoms with Gasteiger partial charge >= 0.3 is 0 Å². The largest absolute Gasteiger partial charge is 0.371 e. The van der Waals surface area contributed by atoms with Crippen LogP contribution in [0.4, 0.5) is 17.1 Å². The highest BCUT2D eigenvalue weighted by atomic mass is 16.2. The second kappa shape index (κ2) is 7.38. The van der Waals surface area contributed by atoms with Crippen LogP contribution in [0.5, 0.6) is 0 Å². The summed E-state index contributed by atoms with van der Waals surface area (Å²) in [5.74, 6) is -0.403. The van der Waals surface area contributed by atoms with Gasteiger partial charge in [0.15, 0.2) is 0 Å². The summed E-state index contributed by atoms with van der Waals surface area (Å²) in [5, 5.41) is 6.13. The van der Waals surface area contributed by atoms with Crippen LogP contribution in [0, 0.1) is 12.8 Å². The van der Waals surface area contributed by atoms with Crippen molar-refractivity contribution in [2.24, 2.45) is 11.7 Å². The van der Waals surface area contributed by atoms with E-state index in [2.05, 4.69) is 15.5 Å². The molecule has 2 amide bonds. The van der Waals surface area contributed by atoms with Crippen LogP contribution in [-0.4, -0.2) is 24.9 Å². The van der Waals surface area contributed by atoms with E-state index in [4.69, 9.17) is 5.73 Å². The molecule has 2 heterocycles. The number of nitrogens with two attached hydrogens (primary N) is 1. The normalized spacial score (nSPS) is 20.0. The molecule has 2 aliphatic rings. The Morgan fingerprint density at radius 2 is 2.04 bits per heavy atom. The topological polar surface area (TPSA) is 87.5 Å². The first-order chi connectivity index (χ1) is 13.5. The third-order valence-corrected chi connectivity index (χ3v) is 5.47. The van der Waals surface area contributed by atoms with Crippen LogP contribution in [0.3, 0.4) is 0 Å². The van der Waals surface area contributed by atoms with Gasteiger partial charge in [0.25, 0.3) is 5.91 Å². The number of hydrogen-bond acceptors (Lipinski definition) is 4. The average Bonchev–Trinajstić information content (AvgIpc) is 3.03. The Morgan fingerprint density at radius 1 is 1.25 bits per heavy atom. The van der Waals surface area contributed by atoms with E-state index in [1.54, 1.807) is 6.20 Å². The number of piperidine rings is 1. The molecule has 6 nitrogen and oxygen atoms in total.